The number of hydrogen-bond acceptors (Lipinski definition) is 2. The van der Waals surface area contributed by atoms with Crippen molar-refractivity contribution in [2.24, 2.45) is 0 Å². The van der Waals surface area contributed by atoms with E-state index in [0.29, 0.717) is 0 Å². The number of nitrogens with one attached hydrogen (secondary N) is 1. The highest BCUT2D eigenvalue weighted by atomic mass is 19.2. The molecular formula is C8H5FN2O. The van der Waals surface area contributed by atoms with Crippen molar-refractivity contribution in [2.45, 2.75) is 0 Å². The van der Waals surface area contributed by atoms with Crippen LogP contribution in [0.2, 0.25) is 0 Å². The fraction of sp³-hybridized carbons (Fsp3) is 0. The quantitative estimate of drug-likeness (QED) is 0.591. The second-order valence-electron chi connectivity index (χ2n) is 2.48. The van der Waals surface area contributed by atoms with Gasteiger partial charge < -0.3 is 0 Å². The molecule has 0 aliphatic carbocycles. The van der Waals surface area contributed by atoms with Crippen molar-refractivity contribution in [3.63, 3.8) is 0 Å². The highest BCUT2D eigenvalue weighted by Crippen LogP contribution is 2.28. The molecule has 0 saturated heterocycles. The van der Waals surface area contributed by atoms with Gasteiger partial charge in [-0.1, -0.05) is 16.6 Å². The van der Waals surface area contributed by atoms with Crippen LogP contribution in [0.1, 0.15) is 10.4 Å². The van der Waals surface area contributed by atoms with E-state index in [2.05, 4.69) is 0 Å². The van der Waals surface area contributed by atoms with Gasteiger partial charge in [-0.3, -0.25) is 10.2 Å². The van der Waals surface area contributed by atoms with Crippen LogP contribution in [-0.2, 0) is 0 Å². The van der Waals surface area contributed by atoms with E-state index in [4.69, 9.17) is 5.41 Å². The zero-order chi connectivity index (χ0) is 8.72. The van der Waals surface area contributed by atoms with Crippen LogP contribution in [0.15, 0.2) is 24.3 Å². The average Bonchev–Trinajstić information content (AvgIpc) is 2.33. The molecule has 1 heterocycles. The van der Waals surface area contributed by atoms with Gasteiger partial charge in [-0.2, -0.15) is 5.12 Å². The molecule has 1 N–H and O–H groups in total. The number of benzene rings is 1. The number of anilines is 1. The number of ketones is 1. The summed E-state index contributed by atoms with van der Waals surface area (Å²) in [7, 11) is 0. The van der Waals surface area contributed by atoms with E-state index in [1.807, 2.05) is 0 Å². The predicted molar refractivity (Wildman–Crippen MR) is 42.1 cm³/mol. The summed E-state index contributed by atoms with van der Waals surface area (Å²) in [5.41, 5.74) is 0.414. The summed E-state index contributed by atoms with van der Waals surface area (Å²) >= 11 is 0. The third-order valence-electron chi connectivity index (χ3n) is 1.77. The van der Waals surface area contributed by atoms with Gasteiger partial charge in [0, 0.05) is 0 Å². The normalized spacial score (nSPS) is 15.2. The first-order valence-electron chi connectivity index (χ1n) is 3.40. The number of hydrogen-bond donors (Lipinski definition) is 1. The molecule has 1 aliphatic heterocycles. The van der Waals surface area contributed by atoms with Crippen LogP contribution >= 0.6 is 0 Å². The third kappa shape index (κ3) is 0.689. The van der Waals surface area contributed by atoms with Gasteiger partial charge in [0.15, 0.2) is 0 Å². The molecule has 0 atom stereocenters. The lowest BCUT2D eigenvalue weighted by atomic mass is 10.1. The Kier molecular flexibility index (Phi) is 1.24. The summed E-state index contributed by atoms with van der Waals surface area (Å²) in [5, 5.41) is 7.14. The highest BCUT2D eigenvalue weighted by molar-refractivity contribution is 6.52. The molecule has 60 valence electrons. The number of para-hydroxylation sites is 1. The number of fused-ring (bicyclic) bond motifs is 1. The van der Waals surface area contributed by atoms with Crippen molar-refractivity contribution in [1.29, 1.82) is 5.41 Å². The van der Waals surface area contributed by atoms with Crippen LogP contribution in [0, 0.1) is 5.41 Å². The summed E-state index contributed by atoms with van der Waals surface area (Å²) in [4.78, 5) is 11.1. The summed E-state index contributed by atoms with van der Waals surface area (Å²) in [6, 6.07) is 6.24. The van der Waals surface area contributed by atoms with E-state index >= 15 is 0 Å². The molecule has 4 heteroatoms. The van der Waals surface area contributed by atoms with Gasteiger partial charge in [0.05, 0.1) is 11.3 Å². The Morgan fingerprint density at radius 1 is 1.33 bits per heavy atom. The monoisotopic (exact) mass is 164 g/mol. The van der Waals surface area contributed by atoms with Crippen LogP contribution in [0.5, 0.6) is 0 Å². The van der Waals surface area contributed by atoms with E-state index in [1.54, 1.807) is 12.1 Å². The summed E-state index contributed by atoms with van der Waals surface area (Å²) in [6.45, 7) is 0. The van der Waals surface area contributed by atoms with Crippen molar-refractivity contribution in [1.82, 2.24) is 0 Å². The van der Waals surface area contributed by atoms with Crippen molar-refractivity contribution < 1.29 is 9.28 Å². The molecule has 0 bridgehead atoms. The maximum Gasteiger partial charge on any atom is 0.232 e. The minimum absolute atomic E-state index is 0.0949. The Bertz CT molecular complexity index is 375. The van der Waals surface area contributed by atoms with E-state index in [9.17, 15) is 9.28 Å². The molecule has 0 fully saturated rings. The molecule has 0 saturated carbocycles. The summed E-state index contributed by atoms with van der Waals surface area (Å²) < 4.78 is 12.9. The first-order chi connectivity index (χ1) is 5.72. The SMILES string of the molecule is N=C1C(=O)c2ccccc2N1F. The van der Waals surface area contributed by atoms with Crippen LogP contribution in [0.4, 0.5) is 10.2 Å². The number of carbonyl (C=O) groups is 1. The van der Waals surface area contributed by atoms with Crippen LogP contribution < -0.4 is 5.12 Å². The first kappa shape index (κ1) is 6.97. The van der Waals surface area contributed by atoms with Gasteiger partial charge in [0.25, 0.3) is 0 Å². The Labute approximate surface area is 67.9 Å². The van der Waals surface area contributed by atoms with Crippen molar-refractivity contribution >= 4 is 17.3 Å². The Morgan fingerprint density at radius 2 is 2.00 bits per heavy atom. The van der Waals surface area contributed by atoms with E-state index < -0.39 is 11.6 Å². The van der Waals surface area contributed by atoms with Gasteiger partial charge in [0.1, 0.15) is 0 Å². The standard InChI is InChI=1S/C8H5FN2O/c9-11-6-4-2-1-3-5(6)7(12)8(11)10/h1-4,10H. The molecular weight excluding hydrogens is 159 g/mol. The second kappa shape index (κ2) is 2.14. The zero-order valence-corrected chi connectivity index (χ0v) is 6.04. The van der Waals surface area contributed by atoms with E-state index in [-0.39, 0.29) is 16.4 Å². The summed E-state index contributed by atoms with van der Waals surface area (Å²) in [6.07, 6.45) is 0. The molecule has 0 radical (unpaired) electrons. The smallest absolute Gasteiger partial charge is 0.232 e. The number of amidine groups is 1. The molecule has 1 aliphatic rings. The lowest BCUT2D eigenvalue weighted by molar-refractivity contribution is 0.106. The first-order valence-corrected chi connectivity index (χ1v) is 3.40. The van der Waals surface area contributed by atoms with Crippen LogP contribution in [0.3, 0.4) is 0 Å². The fourth-order valence-corrected chi connectivity index (χ4v) is 1.17. The average molecular weight is 164 g/mol. The zero-order valence-electron chi connectivity index (χ0n) is 6.04. The second-order valence-corrected chi connectivity index (χ2v) is 2.48. The van der Waals surface area contributed by atoms with Gasteiger partial charge in [0.2, 0.25) is 11.6 Å². The molecule has 0 unspecified atom stereocenters. The Hall–Kier alpha value is -1.71. The predicted octanol–water partition coefficient (Wildman–Crippen LogP) is 1.55. The van der Waals surface area contributed by atoms with E-state index in [0.717, 1.165) is 0 Å². The molecule has 3 nitrogen and oxygen atoms in total. The number of nitrogens with zero attached hydrogens (tertiary/aromatic N) is 1. The largest absolute Gasteiger partial charge is 0.285 e. The van der Waals surface area contributed by atoms with Gasteiger partial charge in [-0.25, -0.2) is 0 Å². The highest BCUT2D eigenvalue weighted by Gasteiger charge is 2.32. The molecule has 0 aromatic heterocycles. The van der Waals surface area contributed by atoms with Gasteiger partial charge >= 0.3 is 0 Å². The van der Waals surface area contributed by atoms with Crippen molar-refractivity contribution in [3.8, 4) is 0 Å². The topological polar surface area (TPSA) is 44.2 Å². The number of carbonyl (C=O) groups excluding carboxylic acids is 1. The minimum Gasteiger partial charge on any atom is -0.285 e. The van der Waals surface area contributed by atoms with Gasteiger partial charge in [-0.05, 0) is 12.1 Å². The number of Topliss-reactive ketones (excluding diaryl/α,β-unsaturated/α-hetero) is 1. The maximum atomic E-state index is 12.9. The fourth-order valence-electron chi connectivity index (χ4n) is 1.17. The summed E-state index contributed by atoms with van der Waals surface area (Å²) in [5.74, 6) is -1.18. The van der Waals surface area contributed by atoms with Gasteiger partial charge in [-0.15, -0.1) is 0 Å². The molecule has 12 heavy (non-hydrogen) atoms. The minimum atomic E-state index is -0.615. The number of rotatable bonds is 0. The molecule has 0 spiro atoms. The molecule has 1 aromatic rings. The van der Waals surface area contributed by atoms with Crippen molar-refractivity contribution in [2.75, 3.05) is 5.12 Å². The third-order valence-corrected chi connectivity index (χ3v) is 1.77. The Balaban J connectivity index is 2.67. The Morgan fingerprint density at radius 3 is 2.67 bits per heavy atom. The van der Waals surface area contributed by atoms with E-state index in [1.165, 1.54) is 12.1 Å². The van der Waals surface area contributed by atoms with Crippen molar-refractivity contribution in [3.05, 3.63) is 29.8 Å². The molecule has 1 aromatic carbocycles. The number of halogens is 1. The lowest BCUT2D eigenvalue weighted by Crippen LogP contribution is -2.19. The molecule has 2 rings (SSSR count). The van der Waals surface area contributed by atoms with Crippen LogP contribution in [0.25, 0.3) is 0 Å². The maximum absolute atomic E-state index is 12.9. The lowest BCUT2D eigenvalue weighted by Gasteiger charge is -2.02. The van der Waals surface area contributed by atoms with Crippen LogP contribution in [-0.4, -0.2) is 11.6 Å². The molecule has 0 amide bonds.